The molecule has 4 nitrogen and oxygen atoms in total. The van der Waals surface area contributed by atoms with Crippen LogP contribution in [0.2, 0.25) is 0 Å². The molecule has 1 aromatic carbocycles. The number of anilines is 1. The molecule has 5 heteroatoms. The lowest BCUT2D eigenvalue weighted by Crippen LogP contribution is -2.38. The number of amides is 1. The molecule has 2 N–H and O–H groups in total. The lowest BCUT2D eigenvalue weighted by molar-refractivity contribution is 0.0519. The summed E-state index contributed by atoms with van der Waals surface area (Å²) in [7, 11) is 0. The molecule has 0 spiro atoms. The highest BCUT2D eigenvalue weighted by molar-refractivity contribution is 9.10. The molecule has 0 radical (unpaired) electrons. The molecule has 2 atom stereocenters. The number of nitrogens with one attached hydrogen (secondary N) is 2. The van der Waals surface area contributed by atoms with Gasteiger partial charge in [-0.1, -0.05) is 18.6 Å². The summed E-state index contributed by atoms with van der Waals surface area (Å²) in [5.74, 6) is 0.430. The molecule has 0 aliphatic heterocycles. The smallest absolute Gasteiger partial charge is 0.407 e. The van der Waals surface area contributed by atoms with Crippen LogP contribution in [0.4, 0.5) is 10.5 Å². The minimum absolute atomic E-state index is 0.334. The molecule has 1 fully saturated rings. The number of carbonyl (C=O) groups excluding carboxylic acids is 1. The van der Waals surface area contributed by atoms with Crippen molar-refractivity contribution in [2.24, 2.45) is 5.92 Å². The molecule has 0 saturated heterocycles. The Bertz CT molecular complexity index is 514. The predicted octanol–water partition coefficient (Wildman–Crippen LogP) is 4.55. The summed E-state index contributed by atoms with van der Waals surface area (Å²) in [5, 5.41) is 6.49. The fraction of sp³-hybridized carbons (Fsp3) is 0.588. The van der Waals surface area contributed by atoms with Crippen LogP contribution in [-0.4, -0.2) is 24.3 Å². The van der Waals surface area contributed by atoms with E-state index < -0.39 is 5.60 Å². The van der Waals surface area contributed by atoms with Gasteiger partial charge in [0.1, 0.15) is 5.60 Å². The number of carbonyl (C=O) groups is 1. The van der Waals surface area contributed by atoms with Crippen LogP contribution in [-0.2, 0) is 4.74 Å². The van der Waals surface area contributed by atoms with Crippen LogP contribution >= 0.6 is 15.9 Å². The number of hydrogen-bond acceptors (Lipinski definition) is 3. The fourth-order valence-corrected chi connectivity index (χ4v) is 3.18. The van der Waals surface area contributed by atoms with Crippen molar-refractivity contribution >= 4 is 27.7 Å². The first-order valence-corrected chi connectivity index (χ1v) is 8.62. The predicted molar refractivity (Wildman–Crippen MR) is 93.1 cm³/mol. The molecule has 0 aromatic heterocycles. The van der Waals surface area contributed by atoms with Gasteiger partial charge in [0, 0.05) is 22.7 Å². The molecule has 2 unspecified atom stereocenters. The van der Waals surface area contributed by atoms with Crippen molar-refractivity contribution in [2.75, 3.05) is 11.9 Å². The molecular formula is C17H25BrN2O2. The zero-order valence-corrected chi connectivity index (χ0v) is 15.1. The number of alkyl carbamates (subject to hydrolysis) is 1. The van der Waals surface area contributed by atoms with Crippen molar-refractivity contribution in [1.29, 1.82) is 0 Å². The van der Waals surface area contributed by atoms with E-state index in [0.717, 1.165) is 23.0 Å². The molecule has 1 saturated carbocycles. The van der Waals surface area contributed by atoms with Crippen LogP contribution in [0.5, 0.6) is 0 Å². The Balaban J connectivity index is 1.86. The molecule has 2 rings (SSSR count). The van der Waals surface area contributed by atoms with Gasteiger partial charge in [-0.2, -0.15) is 0 Å². The first kappa shape index (κ1) is 17.1. The lowest BCUT2D eigenvalue weighted by Gasteiger charge is -2.24. The number of halogens is 1. The molecule has 1 aromatic rings. The summed E-state index contributed by atoms with van der Waals surface area (Å²) >= 11 is 3.57. The van der Waals surface area contributed by atoms with E-state index in [-0.39, 0.29) is 6.09 Å². The summed E-state index contributed by atoms with van der Waals surface area (Å²) < 4.78 is 6.36. The second-order valence-electron chi connectivity index (χ2n) is 6.80. The van der Waals surface area contributed by atoms with Crippen molar-refractivity contribution in [1.82, 2.24) is 5.32 Å². The maximum absolute atomic E-state index is 11.8. The number of hydrogen-bond donors (Lipinski definition) is 2. The summed E-state index contributed by atoms with van der Waals surface area (Å²) in [4.78, 5) is 11.8. The van der Waals surface area contributed by atoms with Gasteiger partial charge in [-0.3, -0.25) is 0 Å². The van der Waals surface area contributed by atoms with Crippen LogP contribution in [0.15, 0.2) is 28.7 Å². The second kappa shape index (κ2) is 7.36. The molecule has 1 aliphatic carbocycles. The zero-order valence-electron chi connectivity index (χ0n) is 13.5. The Hall–Kier alpha value is -1.23. The summed E-state index contributed by atoms with van der Waals surface area (Å²) in [6.45, 7) is 6.27. The molecule has 0 heterocycles. The van der Waals surface area contributed by atoms with Crippen molar-refractivity contribution in [3.8, 4) is 0 Å². The van der Waals surface area contributed by atoms with E-state index in [9.17, 15) is 4.79 Å². The minimum Gasteiger partial charge on any atom is -0.444 e. The topological polar surface area (TPSA) is 50.4 Å². The lowest BCUT2D eigenvalue weighted by atomic mass is 10.0. The van der Waals surface area contributed by atoms with E-state index in [1.807, 2.05) is 39.0 Å². The first-order valence-electron chi connectivity index (χ1n) is 7.83. The highest BCUT2D eigenvalue weighted by Gasteiger charge is 2.28. The summed E-state index contributed by atoms with van der Waals surface area (Å²) in [6, 6.07) is 8.52. The Morgan fingerprint density at radius 1 is 1.32 bits per heavy atom. The van der Waals surface area contributed by atoms with Crippen molar-refractivity contribution in [2.45, 2.75) is 51.7 Å². The van der Waals surface area contributed by atoms with Crippen LogP contribution in [0, 0.1) is 5.92 Å². The standard InChI is InChI=1S/C17H25BrN2O2/c1-17(2,3)22-16(21)19-11-12-7-6-10-14(12)20-15-9-5-4-8-13(15)18/h4-5,8-9,12,14,20H,6-7,10-11H2,1-3H3,(H,19,21). The Morgan fingerprint density at radius 3 is 2.73 bits per heavy atom. The molecule has 22 heavy (non-hydrogen) atoms. The fourth-order valence-electron chi connectivity index (χ4n) is 2.78. The van der Waals surface area contributed by atoms with Crippen LogP contribution in [0.3, 0.4) is 0 Å². The Morgan fingerprint density at radius 2 is 2.05 bits per heavy atom. The largest absolute Gasteiger partial charge is 0.444 e. The van der Waals surface area contributed by atoms with Gasteiger partial charge < -0.3 is 15.4 Å². The average molecular weight is 369 g/mol. The Labute approximate surface area is 141 Å². The van der Waals surface area contributed by atoms with E-state index in [1.54, 1.807) is 0 Å². The molecule has 0 bridgehead atoms. The van der Waals surface area contributed by atoms with E-state index in [2.05, 4.69) is 32.6 Å². The van der Waals surface area contributed by atoms with Crippen LogP contribution in [0.25, 0.3) is 0 Å². The van der Waals surface area contributed by atoms with Crippen molar-refractivity contribution in [3.63, 3.8) is 0 Å². The van der Waals surface area contributed by atoms with Gasteiger partial charge in [0.05, 0.1) is 0 Å². The van der Waals surface area contributed by atoms with E-state index in [1.165, 1.54) is 6.42 Å². The molecule has 1 amide bonds. The third-order valence-electron chi connectivity index (χ3n) is 3.78. The highest BCUT2D eigenvalue weighted by Crippen LogP contribution is 2.30. The maximum atomic E-state index is 11.8. The number of benzene rings is 1. The van der Waals surface area contributed by atoms with Gasteiger partial charge in [0.15, 0.2) is 0 Å². The number of rotatable bonds is 4. The van der Waals surface area contributed by atoms with Gasteiger partial charge in [-0.15, -0.1) is 0 Å². The van der Waals surface area contributed by atoms with Gasteiger partial charge in [0.2, 0.25) is 0 Å². The van der Waals surface area contributed by atoms with E-state index in [0.29, 0.717) is 18.5 Å². The quantitative estimate of drug-likeness (QED) is 0.818. The van der Waals surface area contributed by atoms with Gasteiger partial charge in [0.25, 0.3) is 0 Å². The maximum Gasteiger partial charge on any atom is 0.407 e. The average Bonchev–Trinajstić information content (AvgIpc) is 2.84. The highest BCUT2D eigenvalue weighted by atomic mass is 79.9. The number of ether oxygens (including phenoxy) is 1. The second-order valence-corrected chi connectivity index (χ2v) is 7.66. The number of para-hydroxylation sites is 1. The Kier molecular flexibility index (Phi) is 5.73. The third-order valence-corrected chi connectivity index (χ3v) is 4.47. The molecular weight excluding hydrogens is 344 g/mol. The summed E-state index contributed by atoms with van der Waals surface area (Å²) in [5.41, 5.74) is 0.656. The third kappa shape index (κ3) is 5.20. The zero-order chi connectivity index (χ0) is 16.2. The van der Waals surface area contributed by atoms with E-state index in [4.69, 9.17) is 4.74 Å². The SMILES string of the molecule is CC(C)(C)OC(=O)NCC1CCCC1Nc1ccccc1Br. The van der Waals surface area contributed by atoms with Crippen molar-refractivity contribution < 1.29 is 9.53 Å². The minimum atomic E-state index is -0.452. The van der Waals surface area contributed by atoms with E-state index >= 15 is 0 Å². The van der Waals surface area contributed by atoms with Gasteiger partial charge in [-0.25, -0.2) is 4.79 Å². The van der Waals surface area contributed by atoms with Gasteiger partial charge >= 0.3 is 6.09 Å². The monoisotopic (exact) mass is 368 g/mol. The molecule has 1 aliphatic rings. The van der Waals surface area contributed by atoms with Crippen molar-refractivity contribution in [3.05, 3.63) is 28.7 Å². The van der Waals surface area contributed by atoms with Gasteiger partial charge in [-0.05, 0) is 67.6 Å². The first-order chi connectivity index (χ1) is 10.3. The normalized spacial score (nSPS) is 21.5. The van der Waals surface area contributed by atoms with Crippen LogP contribution < -0.4 is 10.6 Å². The molecule has 122 valence electrons. The van der Waals surface area contributed by atoms with Crippen LogP contribution in [0.1, 0.15) is 40.0 Å². The summed E-state index contributed by atoms with van der Waals surface area (Å²) in [6.07, 6.45) is 3.10.